The monoisotopic (exact) mass is 379 g/mol. The van der Waals surface area contributed by atoms with E-state index in [0.717, 1.165) is 24.9 Å². The van der Waals surface area contributed by atoms with Gasteiger partial charge in [-0.15, -0.1) is 0 Å². The highest BCUT2D eigenvalue weighted by molar-refractivity contribution is 6.31. The molecule has 0 spiro atoms. The van der Waals surface area contributed by atoms with E-state index in [1.165, 1.54) is 17.2 Å². The number of carbonyl (C=O) groups is 2. The number of nitrogens with zero attached hydrogens (tertiary/aromatic N) is 2. The molecule has 6 heteroatoms. The molecule has 136 valence electrons. The molecular formula is C21H18ClN3O2. The average molecular weight is 380 g/mol. The van der Waals surface area contributed by atoms with E-state index in [4.69, 9.17) is 16.9 Å². The maximum Gasteiger partial charge on any atom is 0.229 e. The average Bonchev–Trinajstić information content (AvgIpc) is 3.29. The topological polar surface area (TPSA) is 73.2 Å². The van der Waals surface area contributed by atoms with Crippen molar-refractivity contribution in [2.24, 2.45) is 5.92 Å². The van der Waals surface area contributed by atoms with Crippen molar-refractivity contribution in [1.82, 2.24) is 0 Å². The second-order valence-electron chi connectivity index (χ2n) is 7.01. The van der Waals surface area contributed by atoms with Crippen LogP contribution in [0.5, 0.6) is 0 Å². The van der Waals surface area contributed by atoms with E-state index >= 15 is 0 Å². The van der Waals surface area contributed by atoms with E-state index in [9.17, 15) is 9.59 Å². The molecule has 2 aliphatic rings. The Bertz CT molecular complexity index is 980. The lowest BCUT2D eigenvalue weighted by Gasteiger charge is -2.18. The summed E-state index contributed by atoms with van der Waals surface area (Å²) in [5.41, 5.74) is 4.34. The summed E-state index contributed by atoms with van der Waals surface area (Å²) in [5, 5.41) is 12.2. The first-order chi connectivity index (χ1) is 13.0. The Morgan fingerprint density at radius 2 is 2.00 bits per heavy atom. The van der Waals surface area contributed by atoms with Crippen molar-refractivity contribution in [2.45, 2.75) is 25.7 Å². The quantitative estimate of drug-likeness (QED) is 0.883. The van der Waals surface area contributed by atoms with Gasteiger partial charge in [0.25, 0.3) is 0 Å². The van der Waals surface area contributed by atoms with Gasteiger partial charge in [-0.1, -0.05) is 17.7 Å². The first-order valence-electron chi connectivity index (χ1n) is 8.98. The van der Waals surface area contributed by atoms with Crippen LogP contribution < -0.4 is 10.2 Å². The van der Waals surface area contributed by atoms with Gasteiger partial charge in [-0.3, -0.25) is 9.59 Å². The summed E-state index contributed by atoms with van der Waals surface area (Å²) in [6.07, 6.45) is 3.48. The minimum absolute atomic E-state index is 0.0399. The van der Waals surface area contributed by atoms with E-state index in [-0.39, 0.29) is 18.2 Å². The molecule has 0 saturated carbocycles. The first-order valence-corrected chi connectivity index (χ1v) is 9.35. The number of aryl methyl sites for hydroxylation is 2. The van der Waals surface area contributed by atoms with Crippen LogP contribution in [-0.2, 0) is 22.4 Å². The van der Waals surface area contributed by atoms with Gasteiger partial charge in [0.15, 0.2) is 0 Å². The van der Waals surface area contributed by atoms with Crippen LogP contribution in [0.3, 0.4) is 0 Å². The van der Waals surface area contributed by atoms with Gasteiger partial charge < -0.3 is 10.2 Å². The van der Waals surface area contributed by atoms with Crippen molar-refractivity contribution in [2.75, 3.05) is 16.8 Å². The molecule has 2 aromatic rings. The summed E-state index contributed by atoms with van der Waals surface area (Å²) in [5.74, 6) is -0.688. The summed E-state index contributed by atoms with van der Waals surface area (Å²) >= 11 is 5.92. The molecule has 2 amide bonds. The Morgan fingerprint density at radius 1 is 1.19 bits per heavy atom. The number of hydrogen-bond donors (Lipinski definition) is 1. The van der Waals surface area contributed by atoms with Crippen LogP contribution in [-0.4, -0.2) is 18.4 Å². The van der Waals surface area contributed by atoms with Crippen LogP contribution in [0.4, 0.5) is 11.4 Å². The Labute approximate surface area is 162 Å². The number of carbonyl (C=O) groups excluding carboxylic acids is 2. The normalized spacial score (nSPS) is 18.3. The van der Waals surface area contributed by atoms with Crippen molar-refractivity contribution < 1.29 is 9.59 Å². The summed E-state index contributed by atoms with van der Waals surface area (Å²) in [6, 6.07) is 12.9. The number of amides is 2. The van der Waals surface area contributed by atoms with Crippen LogP contribution in [0.2, 0.25) is 5.02 Å². The van der Waals surface area contributed by atoms with Gasteiger partial charge in [0.2, 0.25) is 11.8 Å². The van der Waals surface area contributed by atoms with Crippen LogP contribution in [0.25, 0.3) is 0 Å². The molecule has 4 rings (SSSR count). The molecular weight excluding hydrogens is 362 g/mol. The third-order valence-corrected chi connectivity index (χ3v) is 5.57. The fraction of sp³-hybridized carbons (Fsp3) is 0.286. The zero-order chi connectivity index (χ0) is 19.0. The summed E-state index contributed by atoms with van der Waals surface area (Å²) in [7, 11) is 0. The summed E-state index contributed by atoms with van der Waals surface area (Å²) in [6.45, 7) is 0.363. The van der Waals surface area contributed by atoms with Crippen LogP contribution in [0.15, 0.2) is 36.4 Å². The molecule has 27 heavy (non-hydrogen) atoms. The summed E-state index contributed by atoms with van der Waals surface area (Å²) in [4.78, 5) is 26.8. The number of nitriles is 1. The van der Waals surface area contributed by atoms with Crippen molar-refractivity contribution in [3.8, 4) is 6.07 Å². The van der Waals surface area contributed by atoms with Gasteiger partial charge in [0.1, 0.15) is 6.07 Å². The van der Waals surface area contributed by atoms with Crippen LogP contribution in [0.1, 0.15) is 29.5 Å². The third-order valence-electron chi connectivity index (χ3n) is 5.24. The number of benzene rings is 2. The number of rotatable bonds is 3. The SMILES string of the molecule is N#Cc1cc(NC(=O)C2CC(=O)N(c3ccc4c(c3)CCC4)C2)ccc1Cl. The number of anilines is 2. The van der Waals surface area contributed by atoms with E-state index in [1.807, 2.05) is 12.1 Å². The first kappa shape index (κ1) is 17.6. The van der Waals surface area contributed by atoms with Gasteiger partial charge in [-0.2, -0.15) is 5.26 Å². The number of nitrogens with one attached hydrogen (secondary N) is 1. The molecule has 2 aromatic carbocycles. The molecule has 0 bridgehead atoms. The smallest absolute Gasteiger partial charge is 0.229 e. The van der Waals surface area contributed by atoms with Gasteiger partial charge >= 0.3 is 0 Å². The Kier molecular flexibility index (Phi) is 4.59. The molecule has 1 aliphatic heterocycles. The zero-order valence-electron chi connectivity index (χ0n) is 14.7. The van der Waals surface area contributed by atoms with E-state index in [0.29, 0.717) is 22.8 Å². The predicted octanol–water partition coefficient (Wildman–Crippen LogP) is 3.69. The maximum atomic E-state index is 12.6. The molecule has 1 saturated heterocycles. The fourth-order valence-electron chi connectivity index (χ4n) is 3.79. The minimum Gasteiger partial charge on any atom is -0.326 e. The number of hydrogen-bond acceptors (Lipinski definition) is 3. The van der Waals surface area contributed by atoms with Crippen molar-refractivity contribution in [3.05, 3.63) is 58.1 Å². The van der Waals surface area contributed by atoms with Crippen molar-refractivity contribution >= 4 is 34.8 Å². The molecule has 1 atom stereocenters. The third kappa shape index (κ3) is 3.41. The molecule has 0 radical (unpaired) electrons. The predicted molar refractivity (Wildman–Crippen MR) is 104 cm³/mol. The van der Waals surface area contributed by atoms with Gasteiger partial charge in [0.05, 0.1) is 16.5 Å². The standard InChI is InChI=1S/C21H18ClN3O2/c22-19-7-5-17(8-15(19)11-23)24-21(27)16-10-20(26)25(12-16)18-6-4-13-2-1-3-14(13)9-18/h4-9,16H,1-3,10,12H2,(H,24,27). The van der Waals surface area contributed by atoms with E-state index in [2.05, 4.69) is 17.4 Å². The molecule has 1 fully saturated rings. The van der Waals surface area contributed by atoms with E-state index in [1.54, 1.807) is 17.0 Å². The molecule has 5 nitrogen and oxygen atoms in total. The zero-order valence-corrected chi connectivity index (χ0v) is 15.4. The van der Waals surface area contributed by atoms with Crippen molar-refractivity contribution in [3.63, 3.8) is 0 Å². The highest BCUT2D eigenvalue weighted by Crippen LogP contribution is 2.31. The largest absolute Gasteiger partial charge is 0.326 e. The maximum absolute atomic E-state index is 12.6. The highest BCUT2D eigenvalue weighted by Gasteiger charge is 2.35. The van der Waals surface area contributed by atoms with Gasteiger partial charge in [-0.05, 0) is 60.7 Å². The molecule has 1 N–H and O–H groups in total. The minimum atomic E-state index is -0.424. The lowest BCUT2D eigenvalue weighted by Crippen LogP contribution is -2.28. The van der Waals surface area contributed by atoms with Gasteiger partial charge in [-0.25, -0.2) is 0 Å². The van der Waals surface area contributed by atoms with Crippen LogP contribution >= 0.6 is 11.6 Å². The fourth-order valence-corrected chi connectivity index (χ4v) is 3.95. The van der Waals surface area contributed by atoms with E-state index < -0.39 is 5.92 Å². The second-order valence-corrected chi connectivity index (χ2v) is 7.41. The Hall–Kier alpha value is -2.84. The lowest BCUT2D eigenvalue weighted by molar-refractivity contribution is -0.122. The molecule has 1 unspecified atom stereocenters. The molecule has 0 aromatic heterocycles. The second kappa shape index (κ2) is 7.05. The van der Waals surface area contributed by atoms with Crippen molar-refractivity contribution in [1.29, 1.82) is 5.26 Å². The molecule has 1 heterocycles. The molecule has 1 aliphatic carbocycles. The lowest BCUT2D eigenvalue weighted by atomic mass is 10.1. The number of halogens is 1. The number of fused-ring (bicyclic) bond motifs is 1. The van der Waals surface area contributed by atoms with Gasteiger partial charge in [0, 0.05) is 24.3 Å². The Morgan fingerprint density at radius 3 is 2.81 bits per heavy atom. The Balaban J connectivity index is 1.47. The highest BCUT2D eigenvalue weighted by atomic mass is 35.5. The van der Waals surface area contributed by atoms with Crippen LogP contribution in [0, 0.1) is 17.2 Å². The summed E-state index contributed by atoms with van der Waals surface area (Å²) < 4.78 is 0.